The van der Waals surface area contributed by atoms with Crippen LogP contribution < -0.4 is 5.73 Å². The monoisotopic (exact) mass is 221 g/mol. The SMILES string of the molecule is Cc1cccc(SC2CCCC2CN)c1. The molecule has 0 heterocycles. The molecule has 0 bridgehead atoms. The molecule has 0 amide bonds. The predicted molar refractivity (Wildman–Crippen MR) is 67.2 cm³/mol. The molecule has 0 saturated heterocycles. The molecule has 2 N–H and O–H groups in total. The number of nitrogens with two attached hydrogens (primary N) is 1. The van der Waals surface area contributed by atoms with E-state index in [1.165, 1.54) is 29.7 Å². The van der Waals surface area contributed by atoms with Crippen molar-refractivity contribution in [2.75, 3.05) is 6.54 Å². The van der Waals surface area contributed by atoms with Crippen LogP contribution in [-0.4, -0.2) is 11.8 Å². The van der Waals surface area contributed by atoms with Crippen molar-refractivity contribution in [2.24, 2.45) is 11.7 Å². The molecule has 15 heavy (non-hydrogen) atoms. The van der Waals surface area contributed by atoms with Crippen molar-refractivity contribution in [1.82, 2.24) is 0 Å². The summed E-state index contributed by atoms with van der Waals surface area (Å²) in [6.45, 7) is 3.00. The molecule has 1 saturated carbocycles. The van der Waals surface area contributed by atoms with Crippen molar-refractivity contribution in [3.8, 4) is 0 Å². The van der Waals surface area contributed by atoms with Gasteiger partial charge in [-0.2, -0.15) is 0 Å². The molecule has 1 aliphatic carbocycles. The summed E-state index contributed by atoms with van der Waals surface area (Å²) in [4.78, 5) is 1.40. The molecule has 1 aromatic carbocycles. The summed E-state index contributed by atoms with van der Waals surface area (Å²) in [7, 11) is 0. The van der Waals surface area contributed by atoms with Gasteiger partial charge in [0.1, 0.15) is 0 Å². The Kier molecular flexibility index (Phi) is 3.71. The molecule has 0 spiro atoms. The van der Waals surface area contributed by atoms with E-state index in [4.69, 9.17) is 5.73 Å². The summed E-state index contributed by atoms with van der Waals surface area (Å²) in [6, 6.07) is 8.78. The van der Waals surface area contributed by atoms with E-state index in [9.17, 15) is 0 Å². The second kappa shape index (κ2) is 5.04. The smallest absolute Gasteiger partial charge is 0.0135 e. The number of aryl methyl sites for hydroxylation is 1. The Morgan fingerprint density at radius 1 is 1.40 bits per heavy atom. The van der Waals surface area contributed by atoms with Gasteiger partial charge in [-0.15, -0.1) is 11.8 Å². The summed E-state index contributed by atoms with van der Waals surface area (Å²) in [5.41, 5.74) is 7.14. The summed E-state index contributed by atoms with van der Waals surface area (Å²) in [5.74, 6) is 0.732. The normalized spacial score (nSPS) is 25.7. The highest BCUT2D eigenvalue weighted by molar-refractivity contribution is 8.00. The van der Waals surface area contributed by atoms with Crippen LogP contribution in [0.3, 0.4) is 0 Å². The lowest BCUT2D eigenvalue weighted by atomic mass is 10.1. The highest BCUT2D eigenvalue weighted by Gasteiger charge is 2.26. The Morgan fingerprint density at radius 3 is 3.00 bits per heavy atom. The number of hydrogen-bond acceptors (Lipinski definition) is 2. The average molecular weight is 221 g/mol. The molecule has 2 atom stereocenters. The average Bonchev–Trinajstić information content (AvgIpc) is 2.65. The lowest BCUT2D eigenvalue weighted by Crippen LogP contribution is -2.20. The van der Waals surface area contributed by atoms with Crippen molar-refractivity contribution < 1.29 is 0 Å². The van der Waals surface area contributed by atoms with Gasteiger partial charge in [0.15, 0.2) is 0 Å². The van der Waals surface area contributed by atoms with Crippen LogP contribution in [0.15, 0.2) is 29.2 Å². The Hall–Kier alpha value is -0.470. The Balaban J connectivity index is 2.02. The molecular weight excluding hydrogens is 202 g/mol. The van der Waals surface area contributed by atoms with Crippen LogP contribution in [0, 0.1) is 12.8 Å². The summed E-state index contributed by atoms with van der Waals surface area (Å²) in [6.07, 6.45) is 4.01. The van der Waals surface area contributed by atoms with Crippen molar-refractivity contribution in [3.63, 3.8) is 0 Å². The van der Waals surface area contributed by atoms with E-state index >= 15 is 0 Å². The van der Waals surface area contributed by atoms with E-state index in [0.29, 0.717) is 0 Å². The predicted octanol–water partition coefficient (Wildman–Crippen LogP) is 3.21. The van der Waals surface area contributed by atoms with Crippen LogP contribution in [0.1, 0.15) is 24.8 Å². The van der Waals surface area contributed by atoms with E-state index in [1.54, 1.807) is 0 Å². The topological polar surface area (TPSA) is 26.0 Å². The second-order valence-corrected chi connectivity index (χ2v) is 5.71. The standard InChI is InChI=1S/C13H19NS/c1-10-4-2-6-12(8-10)15-13-7-3-5-11(13)9-14/h2,4,6,8,11,13H,3,5,7,9,14H2,1H3. The van der Waals surface area contributed by atoms with Gasteiger partial charge in [-0.05, 0) is 44.4 Å². The zero-order valence-electron chi connectivity index (χ0n) is 9.28. The summed E-state index contributed by atoms with van der Waals surface area (Å²) < 4.78 is 0. The first-order valence-corrected chi connectivity index (χ1v) is 6.61. The van der Waals surface area contributed by atoms with Crippen molar-refractivity contribution >= 4 is 11.8 Å². The van der Waals surface area contributed by atoms with Gasteiger partial charge in [0.2, 0.25) is 0 Å². The maximum Gasteiger partial charge on any atom is 0.0135 e. The Morgan fingerprint density at radius 2 is 2.27 bits per heavy atom. The first-order chi connectivity index (χ1) is 7.29. The fourth-order valence-electron chi connectivity index (χ4n) is 2.29. The molecule has 2 rings (SSSR count). The highest BCUT2D eigenvalue weighted by atomic mass is 32.2. The molecule has 1 aromatic rings. The summed E-state index contributed by atoms with van der Waals surface area (Å²) >= 11 is 2.02. The van der Waals surface area contributed by atoms with Gasteiger partial charge >= 0.3 is 0 Å². The second-order valence-electron chi connectivity index (χ2n) is 4.40. The van der Waals surface area contributed by atoms with Crippen molar-refractivity contribution in [1.29, 1.82) is 0 Å². The van der Waals surface area contributed by atoms with E-state index in [1.807, 2.05) is 11.8 Å². The van der Waals surface area contributed by atoms with Crippen molar-refractivity contribution in [2.45, 2.75) is 36.3 Å². The number of rotatable bonds is 3. The van der Waals surface area contributed by atoms with Crippen LogP contribution in [0.4, 0.5) is 0 Å². The first kappa shape index (κ1) is 11.0. The van der Waals surface area contributed by atoms with Gasteiger partial charge in [0.05, 0.1) is 0 Å². The molecule has 0 aromatic heterocycles. The van der Waals surface area contributed by atoms with E-state index in [-0.39, 0.29) is 0 Å². The Bertz CT molecular complexity index is 324. The fraction of sp³-hybridized carbons (Fsp3) is 0.538. The van der Waals surface area contributed by atoms with E-state index in [2.05, 4.69) is 31.2 Å². The molecule has 2 heteroatoms. The number of benzene rings is 1. The molecule has 82 valence electrons. The third-order valence-corrected chi connectivity index (χ3v) is 4.62. The molecular formula is C13H19NS. The molecule has 0 aliphatic heterocycles. The van der Waals surface area contributed by atoms with Crippen molar-refractivity contribution in [3.05, 3.63) is 29.8 Å². The molecule has 1 nitrogen and oxygen atoms in total. The molecule has 2 unspecified atom stereocenters. The van der Waals surface area contributed by atoms with Gasteiger partial charge < -0.3 is 5.73 Å². The van der Waals surface area contributed by atoms with Gasteiger partial charge in [0, 0.05) is 10.1 Å². The van der Waals surface area contributed by atoms with Gasteiger partial charge in [-0.3, -0.25) is 0 Å². The first-order valence-electron chi connectivity index (χ1n) is 5.73. The maximum absolute atomic E-state index is 5.79. The molecule has 1 fully saturated rings. The van der Waals surface area contributed by atoms with Crippen LogP contribution in [0.25, 0.3) is 0 Å². The minimum Gasteiger partial charge on any atom is -0.330 e. The minimum absolute atomic E-state index is 0.732. The largest absolute Gasteiger partial charge is 0.330 e. The molecule has 1 aliphatic rings. The van der Waals surface area contributed by atoms with E-state index in [0.717, 1.165) is 17.7 Å². The maximum atomic E-state index is 5.79. The third kappa shape index (κ3) is 2.76. The zero-order chi connectivity index (χ0) is 10.7. The van der Waals surface area contributed by atoms with Crippen LogP contribution in [-0.2, 0) is 0 Å². The number of hydrogen-bond donors (Lipinski definition) is 1. The lowest BCUT2D eigenvalue weighted by Gasteiger charge is -2.17. The third-order valence-electron chi connectivity index (χ3n) is 3.17. The number of thioether (sulfide) groups is 1. The van der Waals surface area contributed by atoms with Gasteiger partial charge in [-0.25, -0.2) is 0 Å². The quantitative estimate of drug-likeness (QED) is 0.848. The zero-order valence-corrected chi connectivity index (χ0v) is 10.1. The Labute approximate surface area is 96.4 Å². The van der Waals surface area contributed by atoms with Crippen LogP contribution in [0.5, 0.6) is 0 Å². The molecule has 0 radical (unpaired) electrons. The van der Waals surface area contributed by atoms with Crippen LogP contribution >= 0.6 is 11.8 Å². The van der Waals surface area contributed by atoms with Gasteiger partial charge in [-0.1, -0.05) is 24.1 Å². The van der Waals surface area contributed by atoms with E-state index < -0.39 is 0 Å². The minimum atomic E-state index is 0.732. The lowest BCUT2D eigenvalue weighted by molar-refractivity contribution is 0.573. The van der Waals surface area contributed by atoms with Gasteiger partial charge in [0.25, 0.3) is 0 Å². The van der Waals surface area contributed by atoms with Crippen LogP contribution in [0.2, 0.25) is 0 Å². The fourth-order valence-corrected chi connectivity index (χ4v) is 3.78. The highest BCUT2D eigenvalue weighted by Crippen LogP contribution is 2.38. The summed E-state index contributed by atoms with van der Waals surface area (Å²) in [5, 5.41) is 0.747.